The molecule has 0 aliphatic carbocycles. The van der Waals surface area contributed by atoms with Gasteiger partial charge in [0.1, 0.15) is 24.1 Å². The lowest BCUT2D eigenvalue weighted by Crippen LogP contribution is -2.37. The molecule has 1 saturated heterocycles. The third-order valence-corrected chi connectivity index (χ3v) is 6.96. The monoisotopic (exact) mass is 529 g/mol. The normalized spacial score (nSPS) is 24.3. The molecule has 1 unspecified atom stereocenters. The summed E-state index contributed by atoms with van der Waals surface area (Å²) >= 11 is 0. The summed E-state index contributed by atoms with van der Waals surface area (Å²) in [6, 6.07) is 7.00. The van der Waals surface area contributed by atoms with Gasteiger partial charge in [-0.3, -0.25) is 23.7 Å². The number of para-hydroxylation sites is 1. The van der Waals surface area contributed by atoms with Gasteiger partial charge in [0.15, 0.2) is 0 Å². The number of nitrogens with zero attached hydrogens (tertiary/aromatic N) is 1. The quantitative estimate of drug-likeness (QED) is 0.306. The fourth-order valence-electron chi connectivity index (χ4n) is 3.50. The van der Waals surface area contributed by atoms with Crippen LogP contribution in [-0.4, -0.2) is 51.6 Å². The number of aromatic amines is 1. The van der Waals surface area contributed by atoms with Gasteiger partial charge in [-0.25, -0.2) is 9.36 Å². The van der Waals surface area contributed by atoms with Gasteiger partial charge in [-0.1, -0.05) is 25.1 Å². The van der Waals surface area contributed by atoms with Gasteiger partial charge < -0.3 is 19.1 Å². The third-order valence-electron chi connectivity index (χ3n) is 5.32. The van der Waals surface area contributed by atoms with Crippen molar-refractivity contribution in [3.63, 3.8) is 0 Å². The zero-order chi connectivity index (χ0) is 26.6. The van der Waals surface area contributed by atoms with Crippen molar-refractivity contribution in [2.75, 3.05) is 6.61 Å². The number of ether oxygens (including phenoxy) is 2. The van der Waals surface area contributed by atoms with Gasteiger partial charge in [0, 0.05) is 5.92 Å². The number of rotatable bonds is 10. The Hall–Kier alpha value is -2.83. The molecule has 1 aromatic heterocycles. The van der Waals surface area contributed by atoms with Crippen LogP contribution in [0, 0.1) is 11.7 Å². The van der Waals surface area contributed by atoms with E-state index in [1.807, 2.05) is 4.98 Å². The number of hydrogen-bond donors (Lipinski definition) is 3. The smallest absolute Gasteiger partial charge is 0.459 e. The van der Waals surface area contributed by atoms with Crippen molar-refractivity contribution in [3.05, 3.63) is 63.2 Å². The van der Waals surface area contributed by atoms with Crippen LogP contribution in [0.25, 0.3) is 0 Å². The highest BCUT2D eigenvalue weighted by Crippen LogP contribution is 2.46. The molecule has 3 rings (SSSR count). The largest absolute Gasteiger partial charge is 0.462 e. The molecule has 198 valence electrons. The standard InChI is InChI=1S/C22H29FN3O9P/c1-12(2)33-21(29)14(4)25-36(31,35-15-8-6-5-7-9-15)32-11-17-18(27)13(3)20(34-17)26-10-16(23)19(28)24-22(26)30/h5-10,12-14,17-18,20,27H,11H2,1-4H3,(H,25,31)(H,24,28,30)/t13?,14-,17-,18+,20-,36-/m1/s1. The van der Waals surface area contributed by atoms with E-state index < -0.39 is 73.9 Å². The minimum Gasteiger partial charge on any atom is -0.462 e. The molecular formula is C22H29FN3O9P. The fourth-order valence-corrected chi connectivity index (χ4v) is 5.01. The molecule has 6 atom stereocenters. The molecule has 1 aromatic carbocycles. The van der Waals surface area contributed by atoms with Crippen molar-refractivity contribution in [2.24, 2.45) is 5.92 Å². The summed E-state index contributed by atoms with van der Waals surface area (Å²) in [5, 5.41) is 13.2. The van der Waals surface area contributed by atoms with E-state index in [1.54, 1.807) is 39.0 Å². The first kappa shape index (κ1) is 27.8. The van der Waals surface area contributed by atoms with Gasteiger partial charge in [-0.2, -0.15) is 9.48 Å². The molecule has 12 nitrogen and oxygen atoms in total. The summed E-state index contributed by atoms with van der Waals surface area (Å²) in [6.07, 6.45) is -3.19. The Morgan fingerprint density at radius 2 is 1.94 bits per heavy atom. The van der Waals surface area contributed by atoms with Crippen molar-refractivity contribution in [1.82, 2.24) is 14.6 Å². The zero-order valence-electron chi connectivity index (χ0n) is 20.1. The SMILES string of the molecule is CC(C)OC(=O)[C@@H](C)N[P@@](=O)(OC[C@H]1O[C@@H](n2cc(F)c(=O)[nH]c2=O)C(C)[C@@H]1O)Oc1ccccc1. The Balaban J connectivity index is 1.77. The maximum atomic E-state index is 13.8. The van der Waals surface area contributed by atoms with Gasteiger partial charge in [0.2, 0.25) is 5.82 Å². The first-order valence-electron chi connectivity index (χ1n) is 11.2. The highest BCUT2D eigenvalue weighted by molar-refractivity contribution is 7.52. The number of hydrogen-bond acceptors (Lipinski definition) is 9. The van der Waals surface area contributed by atoms with Crippen LogP contribution in [0.5, 0.6) is 5.75 Å². The molecule has 2 aromatic rings. The predicted octanol–water partition coefficient (Wildman–Crippen LogP) is 1.70. The Morgan fingerprint density at radius 1 is 1.28 bits per heavy atom. The second kappa shape index (κ2) is 11.5. The number of aliphatic hydroxyl groups excluding tert-OH is 1. The first-order valence-corrected chi connectivity index (χ1v) is 12.8. The van der Waals surface area contributed by atoms with Crippen LogP contribution in [0.15, 0.2) is 46.1 Å². The van der Waals surface area contributed by atoms with Crippen LogP contribution in [0.1, 0.15) is 33.9 Å². The second-order valence-electron chi connectivity index (χ2n) is 8.59. The van der Waals surface area contributed by atoms with E-state index >= 15 is 0 Å². The maximum absolute atomic E-state index is 13.8. The van der Waals surface area contributed by atoms with Crippen LogP contribution < -0.4 is 20.9 Å². The summed E-state index contributed by atoms with van der Waals surface area (Å²) in [4.78, 5) is 37.6. The van der Waals surface area contributed by atoms with E-state index in [-0.39, 0.29) is 5.75 Å². The lowest BCUT2D eigenvalue weighted by atomic mass is 10.0. The summed E-state index contributed by atoms with van der Waals surface area (Å²) in [5.41, 5.74) is -2.11. The number of H-pyrrole nitrogens is 1. The Bertz CT molecular complexity index is 1220. The topological polar surface area (TPSA) is 158 Å². The molecule has 0 bridgehead atoms. The summed E-state index contributed by atoms with van der Waals surface area (Å²) in [7, 11) is -4.23. The number of aliphatic hydroxyl groups is 1. The number of nitrogens with one attached hydrogen (secondary N) is 2. The number of carbonyl (C=O) groups is 1. The molecule has 0 saturated carbocycles. The van der Waals surface area contributed by atoms with Gasteiger partial charge in [-0.15, -0.1) is 0 Å². The highest BCUT2D eigenvalue weighted by Gasteiger charge is 2.44. The molecule has 14 heteroatoms. The van der Waals surface area contributed by atoms with Crippen molar-refractivity contribution in [1.29, 1.82) is 0 Å². The maximum Gasteiger partial charge on any atom is 0.459 e. The van der Waals surface area contributed by atoms with Crippen LogP contribution in [0.3, 0.4) is 0 Å². The average molecular weight is 529 g/mol. The minimum atomic E-state index is -4.23. The summed E-state index contributed by atoms with van der Waals surface area (Å²) in [5.74, 6) is -2.43. The van der Waals surface area contributed by atoms with Crippen molar-refractivity contribution in [3.8, 4) is 5.75 Å². The van der Waals surface area contributed by atoms with Crippen molar-refractivity contribution >= 4 is 13.7 Å². The summed E-state index contributed by atoms with van der Waals surface area (Å²) < 4.78 is 50.0. The molecule has 0 amide bonds. The van der Waals surface area contributed by atoms with E-state index in [0.717, 1.165) is 4.57 Å². The van der Waals surface area contributed by atoms with Crippen LogP contribution in [0.4, 0.5) is 4.39 Å². The van der Waals surface area contributed by atoms with Gasteiger partial charge in [-0.05, 0) is 32.9 Å². The third kappa shape index (κ3) is 6.68. The number of aromatic nitrogens is 2. The van der Waals surface area contributed by atoms with Crippen molar-refractivity contribution in [2.45, 2.75) is 58.3 Å². The lowest BCUT2D eigenvalue weighted by molar-refractivity contribution is -0.149. The van der Waals surface area contributed by atoms with Gasteiger partial charge >= 0.3 is 19.4 Å². The average Bonchev–Trinajstić information content (AvgIpc) is 3.08. The molecule has 2 heterocycles. The molecule has 0 radical (unpaired) electrons. The molecule has 36 heavy (non-hydrogen) atoms. The van der Waals surface area contributed by atoms with Crippen LogP contribution >= 0.6 is 7.75 Å². The Kier molecular flexibility index (Phi) is 8.85. The van der Waals surface area contributed by atoms with Crippen LogP contribution in [-0.2, 0) is 23.4 Å². The minimum absolute atomic E-state index is 0.187. The number of benzene rings is 1. The number of halogens is 1. The number of carbonyl (C=O) groups excluding carboxylic acids is 1. The summed E-state index contributed by atoms with van der Waals surface area (Å²) in [6.45, 7) is 5.82. The van der Waals surface area contributed by atoms with E-state index in [2.05, 4.69) is 5.09 Å². The molecular weight excluding hydrogens is 500 g/mol. The van der Waals surface area contributed by atoms with Crippen molar-refractivity contribution < 1.29 is 37.4 Å². The van der Waals surface area contributed by atoms with Crippen LogP contribution in [0.2, 0.25) is 0 Å². The molecule has 3 N–H and O–H groups in total. The molecule has 1 aliphatic rings. The second-order valence-corrected chi connectivity index (χ2v) is 10.3. The fraction of sp³-hybridized carbons (Fsp3) is 0.500. The van der Waals surface area contributed by atoms with E-state index in [1.165, 1.54) is 19.1 Å². The zero-order valence-corrected chi connectivity index (χ0v) is 21.0. The molecule has 1 aliphatic heterocycles. The Morgan fingerprint density at radius 3 is 2.58 bits per heavy atom. The van der Waals surface area contributed by atoms with E-state index in [0.29, 0.717) is 6.20 Å². The number of esters is 1. The highest BCUT2D eigenvalue weighted by atomic mass is 31.2. The van der Waals surface area contributed by atoms with Gasteiger partial charge in [0.25, 0.3) is 5.56 Å². The Labute approximate surface area is 205 Å². The van der Waals surface area contributed by atoms with E-state index in [9.17, 15) is 28.4 Å². The molecule has 1 fully saturated rings. The molecule has 0 spiro atoms. The van der Waals surface area contributed by atoms with E-state index in [4.69, 9.17) is 18.5 Å². The first-order chi connectivity index (χ1) is 16.9. The predicted molar refractivity (Wildman–Crippen MR) is 125 cm³/mol. The van der Waals surface area contributed by atoms with Gasteiger partial charge in [0.05, 0.1) is 25.0 Å². The lowest BCUT2D eigenvalue weighted by Gasteiger charge is -2.25.